The Labute approximate surface area is 163 Å². The van der Waals surface area contributed by atoms with Crippen molar-refractivity contribution in [2.45, 2.75) is 20.0 Å². The number of hydrogen-bond donors (Lipinski definition) is 2. The van der Waals surface area contributed by atoms with Gasteiger partial charge in [-0.15, -0.1) is 0 Å². The predicted octanol–water partition coefficient (Wildman–Crippen LogP) is 3.76. The lowest BCUT2D eigenvalue weighted by Gasteiger charge is -2.14. The van der Waals surface area contributed by atoms with Crippen molar-refractivity contribution < 1.29 is 18.3 Å². The van der Waals surface area contributed by atoms with E-state index in [-0.39, 0.29) is 5.82 Å². The van der Waals surface area contributed by atoms with E-state index in [0.717, 1.165) is 33.8 Å². The molecular weight excluding hydrogens is 361 g/mol. The molecule has 0 bridgehead atoms. The van der Waals surface area contributed by atoms with E-state index in [2.05, 4.69) is 15.6 Å². The maximum Gasteiger partial charge on any atom is 0.191 e. The van der Waals surface area contributed by atoms with E-state index in [1.807, 2.05) is 25.1 Å². The molecule has 0 aliphatic carbocycles. The highest BCUT2D eigenvalue weighted by Gasteiger charge is 2.12. The zero-order chi connectivity index (χ0) is 20.1. The van der Waals surface area contributed by atoms with Gasteiger partial charge in [-0.25, -0.2) is 4.39 Å². The Hall–Kier alpha value is -3.22. The van der Waals surface area contributed by atoms with Crippen LogP contribution in [-0.2, 0) is 13.1 Å². The molecule has 2 N–H and O–H groups in total. The summed E-state index contributed by atoms with van der Waals surface area (Å²) in [5.74, 6) is 2.55. The fraction of sp³-hybridized carbons (Fsp3) is 0.286. The second-order valence-corrected chi connectivity index (χ2v) is 6.25. The first-order valence-corrected chi connectivity index (χ1v) is 8.88. The van der Waals surface area contributed by atoms with Gasteiger partial charge in [0.15, 0.2) is 5.96 Å². The van der Waals surface area contributed by atoms with Crippen LogP contribution in [0.15, 0.2) is 45.8 Å². The average molecular weight is 385 g/mol. The zero-order valence-electron chi connectivity index (χ0n) is 16.4. The topological polar surface area (TPSA) is 68.0 Å². The van der Waals surface area contributed by atoms with E-state index in [4.69, 9.17) is 13.9 Å². The molecule has 0 unspecified atom stereocenters. The number of aryl methyl sites for hydroxylation is 1. The lowest BCUT2D eigenvalue weighted by Crippen LogP contribution is -2.36. The third kappa shape index (κ3) is 4.19. The molecule has 1 heterocycles. The van der Waals surface area contributed by atoms with E-state index < -0.39 is 0 Å². The first-order chi connectivity index (χ1) is 13.5. The minimum absolute atomic E-state index is 0.276. The molecule has 28 heavy (non-hydrogen) atoms. The van der Waals surface area contributed by atoms with Gasteiger partial charge in [-0.2, -0.15) is 0 Å². The van der Waals surface area contributed by atoms with Gasteiger partial charge in [0.2, 0.25) is 0 Å². The molecule has 0 fully saturated rings. The number of fused-ring (bicyclic) bond motifs is 1. The van der Waals surface area contributed by atoms with E-state index in [9.17, 15) is 4.39 Å². The maximum atomic E-state index is 13.5. The molecule has 2 aromatic carbocycles. The summed E-state index contributed by atoms with van der Waals surface area (Å²) in [5.41, 5.74) is 2.55. The molecule has 0 saturated heterocycles. The number of benzene rings is 2. The summed E-state index contributed by atoms with van der Waals surface area (Å²) in [6.45, 7) is 2.87. The standard InChI is InChI=1S/C21H24FN3O3/c1-13-17-9-15(22)6-8-18(17)28-20(13)12-25-21(23-2)24-11-14-5-7-16(26-3)10-19(14)27-4/h5-10H,11-12H2,1-4H3,(H2,23,24,25). The van der Waals surface area contributed by atoms with Crippen LogP contribution < -0.4 is 20.1 Å². The zero-order valence-corrected chi connectivity index (χ0v) is 16.4. The molecule has 7 heteroatoms. The Morgan fingerprint density at radius 3 is 2.57 bits per heavy atom. The van der Waals surface area contributed by atoms with Gasteiger partial charge in [0.25, 0.3) is 0 Å². The van der Waals surface area contributed by atoms with Crippen LogP contribution >= 0.6 is 0 Å². The molecule has 0 spiro atoms. The third-order valence-electron chi connectivity index (χ3n) is 4.58. The maximum absolute atomic E-state index is 13.5. The van der Waals surface area contributed by atoms with Crippen molar-refractivity contribution in [3.8, 4) is 11.5 Å². The highest BCUT2D eigenvalue weighted by atomic mass is 19.1. The van der Waals surface area contributed by atoms with Crippen molar-refractivity contribution in [1.29, 1.82) is 0 Å². The van der Waals surface area contributed by atoms with Crippen LogP contribution in [0.4, 0.5) is 4.39 Å². The van der Waals surface area contributed by atoms with Gasteiger partial charge in [0, 0.05) is 36.2 Å². The number of rotatable bonds is 6. The summed E-state index contributed by atoms with van der Waals surface area (Å²) in [6, 6.07) is 10.2. The summed E-state index contributed by atoms with van der Waals surface area (Å²) in [5, 5.41) is 7.25. The van der Waals surface area contributed by atoms with Crippen LogP contribution in [0.2, 0.25) is 0 Å². The van der Waals surface area contributed by atoms with Crippen molar-refractivity contribution in [2.24, 2.45) is 4.99 Å². The van der Waals surface area contributed by atoms with Gasteiger partial charge in [-0.3, -0.25) is 4.99 Å². The highest BCUT2D eigenvalue weighted by molar-refractivity contribution is 5.83. The predicted molar refractivity (Wildman–Crippen MR) is 107 cm³/mol. The Kier molecular flexibility index (Phi) is 6.03. The average Bonchev–Trinajstić information content (AvgIpc) is 3.03. The lowest BCUT2D eigenvalue weighted by atomic mass is 10.1. The number of nitrogens with one attached hydrogen (secondary N) is 2. The lowest BCUT2D eigenvalue weighted by molar-refractivity contribution is 0.390. The van der Waals surface area contributed by atoms with Crippen molar-refractivity contribution in [2.75, 3.05) is 21.3 Å². The molecule has 0 aliphatic rings. The number of guanidine groups is 1. The Morgan fingerprint density at radius 1 is 1.07 bits per heavy atom. The number of halogens is 1. The van der Waals surface area contributed by atoms with E-state index in [1.54, 1.807) is 27.3 Å². The van der Waals surface area contributed by atoms with Gasteiger partial charge >= 0.3 is 0 Å². The van der Waals surface area contributed by atoms with E-state index >= 15 is 0 Å². The number of methoxy groups -OCH3 is 2. The number of ether oxygens (including phenoxy) is 2. The molecule has 1 aromatic heterocycles. The summed E-state index contributed by atoms with van der Waals surface area (Å²) in [6.07, 6.45) is 0. The van der Waals surface area contributed by atoms with Crippen LogP contribution in [0.25, 0.3) is 11.0 Å². The second kappa shape index (κ2) is 8.65. The normalized spacial score (nSPS) is 11.5. The quantitative estimate of drug-likeness (QED) is 0.500. The summed E-state index contributed by atoms with van der Waals surface area (Å²) >= 11 is 0. The van der Waals surface area contributed by atoms with E-state index in [1.165, 1.54) is 12.1 Å². The fourth-order valence-electron chi connectivity index (χ4n) is 2.97. The molecule has 3 aromatic rings. The molecule has 0 amide bonds. The number of aliphatic imine (C=N–C) groups is 1. The minimum atomic E-state index is -0.276. The summed E-state index contributed by atoms with van der Waals surface area (Å²) < 4.78 is 29.9. The third-order valence-corrected chi connectivity index (χ3v) is 4.58. The van der Waals surface area contributed by atoms with Crippen LogP contribution in [0, 0.1) is 12.7 Å². The fourth-order valence-corrected chi connectivity index (χ4v) is 2.97. The molecule has 0 aliphatic heterocycles. The van der Waals surface area contributed by atoms with Crippen molar-refractivity contribution in [3.63, 3.8) is 0 Å². The van der Waals surface area contributed by atoms with E-state index in [0.29, 0.717) is 24.6 Å². The number of hydrogen-bond acceptors (Lipinski definition) is 4. The number of furan rings is 1. The van der Waals surface area contributed by atoms with Crippen molar-refractivity contribution in [1.82, 2.24) is 10.6 Å². The van der Waals surface area contributed by atoms with Gasteiger partial charge in [-0.1, -0.05) is 0 Å². The van der Waals surface area contributed by atoms with Crippen LogP contribution in [0.5, 0.6) is 11.5 Å². The van der Waals surface area contributed by atoms with Crippen LogP contribution in [-0.4, -0.2) is 27.2 Å². The van der Waals surface area contributed by atoms with Gasteiger partial charge in [0.1, 0.15) is 28.7 Å². The molecule has 0 radical (unpaired) electrons. The van der Waals surface area contributed by atoms with Crippen molar-refractivity contribution >= 4 is 16.9 Å². The smallest absolute Gasteiger partial charge is 0.191 e. The summed E-state index contributed by atoms with van der Waals surface area (Å²) in [7, 11) is 4.94. The second-order valence-electron chi connectivity index (χ2n) is 6.25. The highest BCUT2D eigenvalue weighted by Crippen LogP contribution is 2.26. The molecule has 0 atom stereocenters. The molecule has 148 valence electrons. The monoisotopic (exact) mass is 385 g/mol. The molecule has 0 saturated carbocycles. The van der Waals surface area contributed by atoms with Crippen LogP contribution in [0.1, 0.15) is 16.9 Å². The first-order valence-electron chi connectivity index (χ1n) is 8.88. The Bertz CT molecular complexity index is 998. The van der Waals surface area contributed by atoms with Gasteiger partial charge < -0.3 is 24.5 Å². The minimum Gasteiger partial charge on any atom is -0.497 e. The SMILES string of the molecule is CN=C(NCc1ccc(OC)cc1OC)NCc1oc2ccc(F)cc2c1C. The van der Waals surface area contributed by atoms with Gasteiger partial charge in [0.05, 0.1) is 20.8 Å². The Morgan fingerprint density at radius 2 is 1.86 bits per heavy atom. The molecule has 3 rings (SSSR count). The first kappa shape index (κ1) is 19.5. The van der Waals surface area contributed by atoms with Crippen molar-refractivity contribution in [3.05, 3.63) is 59.1 Å². The largest absolute Gasteiger partial charge is 0.497 e. The Balaban J connectivity index is 1.65. The summed E-state index contributed by atoms with van der Waals surface area (Å²) in [4.78, 5) is 4.23. The molecular formula is C21H24FN3O3. The van der Waals surface area contributed by atoms with Crippen LogP contribution in [0.3, 0.4) is 0 Å². The number of nitrogens with zero attached hydrogens (tertiary/aromatic N) is 1. The van der Waals surface area contributed by atoms with Gasteiger partial charge in [-0.05, 0) is 37.3 Å². The molecule has 6 nitrogen and oxygen atoms in total.